The number of aromatic hydroxyl groups is 1. The lowest BCUT2D eigenvalue weighted by atomic mass is 10.1. The summed E-state index contributed by atoms with van der Waals surface area (Å²) in [6.07, 6.45) is -4.20. The molecular weight excluding hydrogens is 265 g/mol. The fourth-order valence-corrected chi connectivity index (χ4v) is 2.28. The van der Waals surface area contributed by atoms with Crippen LogP contribution in [0.5, 0.6) is 5.88 Å². The molecule has 96 valence electrons. The Bertz CT molecular complexity index is 566. The van der Waals surface area contributed by atoms with E-state index in [1.807, 2.05) is 0 Å². The summed E-state index contributed by atoms with van der Waals surface area (Å²) in [6.45, 7) is 0. The number of benzene rings is 1. The van der Waals surface area contributed by atoms with Crippen molar-refractivity contribution in [2.24, 2.45) is 0 Å². The van der Waals surface area contributed by atoms with Gasteiger partial charge in [-0.3, -0.25) is 0 Å². The Kier molecular flexibility index (Phi) is 3.16. The number of halogens is 3. The smallest absolute Gasteiger partial charge is 0.416 e. The summed E-state index contributed by atoms with van der Waals surface area (Å²) in [5, 5.41) is 9.61. The summed E-state index contributed by atoms with van der Waals surface area (Å²) >= 11 is 1.06. The van der Waals surface area contributed by atoms with Gasteiger partial charge in [0.15, 0.2) is 5.13 Å². The lowest BCUT2D eigenvalue weighted by Gasteiger charge is -2.08. The van der Waals surface area contributed by atoms with Crippen LogP contribution in [0.3, 0.4) is 0 Å². The first-order valence-corrected chi connectivity index (χ1v) is 5.78. The zero-order chi connectivity index (χ0) is 13.3. The first-order valence-electron chi connectivity index (χ1n) is 4.96. The Morgan fingerprint density at radius 3 is 2.61 bits per heavy atom. The van der Waals surface area contributed by atoms with E-state index in [1.165, 1.54) is 6.07 Å². The summed E-state index contributed by atoms with van der Waals surface area (Å²) in [5.74, 6) is -0.227. The van der Waals surface area contributed by atoms with Crippen LogP contribution in [-0.2, 0) is 12.6 Å². The molecule has 0 aliphatic rings. The highest BCUT2D eigenvalue weighted by Crippen LogP contribution is 2.32. The lowest BCUT2D eigenvalue weighted by molar-refractivity contribution is -0.137. The van der Waals surface area contributed by atoms with E-state index in [0.29, 0.717) is 10.4 Å². The van der Waals surface area contributed by atoms with Crippen LogP contribution in [0.2, 0.25) is 0 Å². The van der Waals surface area contributed by atoms with Crippen molar-refractivity contribution in [3.8, 4) is 5.88 Å². The van der Waals surface area contributed by atoms with Crippen LogP contribution in [0.4, 0.5) is 18.3 Å². The first-order chi connectivity index (χ1) is 8.36. The minimum Gasteiger partial charge on any atom is -0.492 e. The third-order valence-electron chi connectivity index (χ3n) is 2.31. The van der Waals surface area contributed by atoms with Crippen molar-refractivity contribution in [2.45, 2.75) is 12.6 Å². The maximum atomic E-state index is 12.5. The summed E-state index contributed by atoms with van der Waals surface area (Å²) in [4.78, 5) is 4.06. The van der Waals surface area contributed by atoms with E-state index in [-0.39, 0.29) is 17.4 Å². The molecule has 0 amide bonds. The molecule has 2 aromatic rings. The number of anilines is 1. The van der Waals surface area contributed by atoms with Crippen molar-refractivity contribution >= 4 is 16.5 Å². The summed E-state index contributed by atoms with van der Waals surface area (Å²) in [6, 6.07) is 4.95. The van der Waals surface area contributed by atoms with E-state index >= 15 is 0 Å². The number of alkyl halides is 3. The third-order valence-corrected chi connectivity index (χ3v) is 3.19. The molecular formula is C11H9F3N2OS. The molecule has 0 saturated heterocycles. The number of nitrogen functional groups attached to an aromatic ring is 1. The number of hydrogen-bond acceptors (Lipinski definition) is 4. The van der Waals surface area contributed by atoms with Crippen LogP contribution >= 0.6 is 11.3 Å². The standard InChI is InChI=1S/C11H9F3N2OS/c12-11(13,14)7-3-1-2-6(4-7)5-8-9(17)16-10(15)18-8/h1-4,17H,5H2,(H2,15,16). The van der Waals surface area contributed by atoms with Crippen LogP contribution in [-0.4, -0.2) is 10.1 Å². The molecule has 0 aliphatic carbocycles. The average molecular weight is 274 g/mol. The molecule has 2 rings (SSSR count). The van der Waals surface area contributed by atoms with Crippen LogP contribution < -0.4 is 5.73 Å². The molecule has 0 radical (unpaired) electrons. The first kappa shape index (κ1) is 12.7. The van der Waals surface area contributed by atoms with Crippen molar-refractivity contribution in [3.63, 3.8) is 0 Å². The van der Waals surface area contributed by atoms with Gasteiger partial charge in [0.1, 0.15) is 0 Å². The highest BCUT2D eigenvalue weighted by molar-refractivity contribution is 7.15. The quantitative estimate of drug-likeness (QED) is 0.885. The van der Waals surface area contributed by atoms with Gasteiger partial charge in [0.25, 0.3) is 0 Å². The van der Waals surface area contributed by atoms with Crippen LogP contribution in [0.1, 0.15) is 16.0 Å². The van der Waals surface area contributed by atoms with Gasteiger partial charge < -0.3 is 10.8 Å². The zero-order valence-electron chi connectivity index (χ0n) is 9.03. The van der Waals surface area contributed by atoms with Crippen LogP contribution in [0, 0.1) is 0 Å². The fraction of sp³-hybridized carbons (Fsp3) is 0.182. The topological polar surface area (TPSA) is 59.1 Å². The molecule has 1 aromatic carbocycles. The molecule has 1 heterocycles. The van der Waals surface area contributed by atoms with Gasteiger partial charge in [-0.05, 0) is 11.6 Å². The predicted octanol–water partition coefficient (Wildman–Crippen LogP) is 3.04. The molecule has 3 nitrogen and oxygen atoms in total. The average Bonchev–Trinajstić information content (AvgIpc) is 2.56. The lowest BCUT2D eigenvalue weighted by Crippen LogP contribution is -2.05. The largest absolute Gasteiger partial charge is 0.492 e. The fourth-order valence-electron chi connectivity index (χ4n) is 1.52. The van der Waals surface area contributed by atoms with E-state index < -0.39 is 11.7 Å². The van der Waals surface area contributed by atoms with Gasteiger partial charge in [0.2, 0.25) is 5.88 Å². The monoisotopic (exact) mass is 274 g/mol. The third kappa shape index (κ3) is 2.73. The van der Waals surface area contributed by atoms with Crippen molar-refractivity contribution in [3.05, 3.63) is 40.3 Å². The Balaban J connectivity index is 2.27. The van der Waals surface area contributed by atoms with Crippen molar-refractivity contribution < 1.29 is 18.3 Å². The second-order valence-electron chi connectivity index (χ2n) is 3.67. The summed E-state index contributed by atoms with van der Waals surface area (Å²) in [5.41, 5.74) is 5.14. The molecule has 1 aromatic heterocycles. The second kappa shape index (κ2) is 4.49. The molecule has 0 spiro atoms. The maximum absolute atomic E-state index is 12.5. The SMILES string of the molecule is Nc1nc(O)c(Cc2cccc(C(F)(F)F)c2)s1. The Morgan fingerprint density at radius 2 is 2.06 bits per heavy atom. The molecule has 0 atom stereocenters. The number of nitrogens with two attached hydrogens (primary N) is 1. The minimum atomic E-state index is -4.37. The van der Waals surface area contributed by atoms with E-state index in [0.717, 1.165) is 23.5 Å². The van der Waals surface area contributed by atoms with Crippen molar-refractivity contribution in [2.75, 3.05) is 5.73 Å². The number of rotatable bonds is 2. The number of aromatic nitrogens is 1. The normalized spacial score (nSPS) is 11.7. The molecule has 0 aliphatic heterocycles. The van der Waals surface area contributed by atoms with Gasteiger partial charge in [-0.15, -0.1) is 0 Å². The Labute approximate surface area is 105 Å². The van der Waals surface area contributed by atoms with Crippen LogP contribution in [0.15, 0.2) is 24.3 Å². The van der Waals surface area contributed by atoms with Crippen molar-refractivity contribution in [1.29, 1.82) is 0 Å². The number of thiazole rings is 1. The van der Waals surface area contributed by atoms with E-state index in [9.17, 15) is 18.3 Å². The number of hydrogen-bond donors (Lipinski definition) is 2. The van der Waals surface area contributed by atoms with Gasteiger partial charge in [0, 0.05) is 6.42 Å². The van der Waals surface area contributed by atoms with Gasteiger partial charge in [-0.1, -0.05) is 29.5 Å². The Morgan fingerprint density at radius 1 is 1.33 bits per heavy atom. The predicted molar refractivity (Wildman–Crippen MR) is 62.4 cm³/mol. The van der Waals surface area contributed by atoms with Crippen LogP contribution in [0.25, 0.3) is 0 Å². The second-order valence-corrected chi connectivity index (χ2v) is 4.79. The van der Waals surface area contributed by atoms with Gasteiger partial charge >= 0.3 is 6.18 Å². The molecule has 0 saturated carbocycles. The molecule has 0 unspecified atom stereocenters. The number of nitrogens with zero attached hydrogens (tertiary/aromatic N) is 1. The minimum absolute atomic E-state index is 0.171. The van der Waals surface area contributed by atoms with Gasteiger partial charge in [-0.2, -0.15) is 18.2 Å². The molecule has 3 N–H and O–H groups in total. The molecule has 7 heteroatoms. The molecule has 0 bridgehead atoms. The zero-order valence-corrected chi connectivity index (χ0v) is 9.85. The summed E-state index contributed by atoms with van der Waals surface area (Å²) in [7, 11) is 0. The molecule has 0 fully saturated rings. The van der Waals surface area contributed by atoms with Gasteiger partial charge in [-0.25, -0.2) is 0 Å². The maximum Gasteiger partial charge on any atom is 0.416 e. The summed E-state index contributed by atoms with van der Waals surface area (Å²) < 4.78 is 37.5. The Hall–Kier alpha value is -1.76. The van der Waals surface area contributed by atoms with Crippen molar-refractivity contribution in [1.82, 2.24) is 4.98 Å². The van der Waals surface area contributed by atoms with E-state index in [2.05, 4.69) is 4.98 Å². The van der Waals surface area contributed by atoms with Gasteiger partial charge in [0.05, 0.1) is 10.4 Å². The van der Waals surface area contributed by atoms with E-state index in [4.69, 9.17) is 5.73 Å². The molecule has 18 heavy (non-hydrogen) atoms. The highest BCUT2D eigenvalue weighted by Gasteiger charge is 2.30. The highest BCUT2D eigenvalue weighted by atomic mass is 32.1. The van der Waals surface area contributed by atoms with E-state index in [1.54, 1.807) is 6.07 Å².